The highest BCUT2D eigenvalue weighted by molar-refractivity contribution is 6.07. The summed E-state index contributed by atoms with van der Waals surface area (Å²) in [6.45, 7) is 2.16. The number of hydrogen-bond acceptors (Lipinski definition) is 4. The van der Waals surface area contributed by atoms with Gasteiger partial charge < -0.3 is 4.42 Å². The molecule has 0 saturated heterocycles. The normalized spacial score (nSPS) is 11.5. The molecule has 3 heterocycles. The number of para-hydroxylation sites is 1. The Morgan fingerprint density at radius 1 is 0.535 bits per heavy atom. The molecule has 0 saturated carbocycles. The summed E-state index contributed by atoms with van der Waals surface area (Å²) in [6.07, 6.45) is 0. The van der Waals surface area contributed by atoms with E-state index in [2.05, 4.69) is 79.2 Å². The average molecular weight is 556 g/mol. The zero-order valence-electron chi connectivity index (χ0n) is 23.8. The highest BCUT2D eigenvalue weighted by Crippen LogP contribution is 2.36. The molecule has 43 heavy (non-hydrogen) atoms. The van der Waals surface area contributed by atoms with Gasteiger partial charge in [0.25, 0.3) is 0 Å². The zero-order valence-corrected chi connectivity index (χ0v) is 23.8. The highest BCUT2D eigenvalue weighted by Gasteiger charge is 2.19. The second-order valence-corrected chi connectivity index (χ2v) is 10.9. The predicted octanol–water partition coefficient (Wildman–Crippen LogP) is 8.73. The first-order chi connectivity index (χ1) is 21.1. The number of aromatic nitrogens is 4. The number of fused-ring (bicyclic) bond motifs is 4. The van der Waals surface area contributed by atoms with Crippen LogP contribution in [0.2, 0.25) is 0 Å². The molecule has 204 valence electrons. The molecule has 0 radical (unpaired) electrons. The molecule has 0 amide bonds. The maximum Gasteiger partial charge on any atom is 0.213 e. The Kier molecular flexibility index (Phi) is 5.83. The molecular formula is C38H27N4O+. The molecule has 0 aliphatic heterocycles. The number of pyridine rings is 1. The van der Waals surface area contributed by atoms with Gasteiger partial charge in [0, 0.05) is 45.0 Å². The van der Waals surface area contributed by atoms with Crippen LogP contribution in [0.15, 0.2) is 132 Å². The van der Waals surface area contributed by atoms with Gasteiger partial charge in [-0.05, 0) is 48.9 Å². The molecule has 0 N–H and O–H groups in total. The lowest BCUT2D eigenvalue weighted by Gasteiger charge is -2.08. The van der Waals surface area contributed by atoms with Gasteiger partial charge in [0.2, 0.25) is 11.2 Å². The first-order valence-corrected chi connectivity index (χ1v) is 14.3. The highest BCUT2D eigenvalue weighted by atomic mass is 16.3. The van der Waals surface area contributed by atoms with E-state index in [1.54, 1.807) is 0 Å². The van der Waals surface area contributed by atoms with Crippen molar-refractivity contribution in [2.75, 3.05) is 0 Å². The average Bonchev–Trinajstić information content (AvgIpc) is 3.42. The summed E-state index contributed by atoms with van der Waals surface area (Å²) in [6, 6.07) is 43.5. The summed E-state index contributed by atoms with van der Waals surface area (Å²) < 4.78 is 8.76. The topological polar surface area (TPSA) is 55.7 Å². The number of furan rings is 1. The molecule has 3 aromatic heterocycles. The van der Waals surface area contributed by atoms with Gasteiger partial charge in [0.1, 0.15) is 18.2 Å². The maximum atomic E-state index is 6.51. The van der Waals surface area contributed by atoms with Crippen molar-refractivity contribution in [1.82, 2.24) is 15.0 Å². The van der Waals surface area contributed by atoms with Gasteiger partial charge in [-0.3, -0.25) is 0 Å². The third-order valence-corrected chi connectivity index (χ3v) is 8.13. The van der Waals surface area contributed by atoms with Crippen molar-refractivity contribution < 1.29 is 8.98 Å². The smallest absolute Gasteiger partial charge is 0.213 e. The minimum absolute atomic E-state index is 0.607. The molecule has 0 aliphatic rings. The standard InChI is InChI=1S/C38H27N4O/c1-24-21-31-29-19-17-28(38-40-36(26-12-5-3-6-13-26)39-37(41-38)27-14-7-4-8-15-27)22-34(29)43-35(31)23-30(24)33-20-18-25-11-9-10-16-32(25)42(33)2/h3-23H,1-2H3/q+1. The SMILES string of the molecule is Cc1cc2c(cc1-c1ccc3ccccc3[n+]1C)oc1cc(-c3nc(-c4ccccc4)nc(-c4ccccc4)n3)ccc12. The van der Waals surface area contributed by atoms with Crippen molar-refractivity contribution in [3.63, 3.8) is 0 Å². The van der Waals surface area contributed by atoms with Crippen molar-refractivity contribution in [2.24, 2.45) is 7.05 Å². The molecule has 8 aromatic rings. The second kappa shape index (κ2) is 10.00. The van der Waals surface area contributed by atoms with Gasteiger partial charge in [-0.25, -0.2) is 15.0 Å². The Bertz CT molecular complexity index is 2250. The summed E-state index contributed by atoms with van der Waals surface area (Å²) in [4.78, 5) is 14.6. The van der Waals surface area contributed by atoms with Crippen molar-refractivity contribution in [3.05, 3.63) is 133 Å². The number of nitrogens with zero attached hydrogens (tertiary/aromatic N) is 4. The van der Waals surface area contributed by atoms with Crippen LogP contribution < -0.4 is 4.57 Å². The summed E-state index contributed by atoms with van der Waals surface area (Å²) in [7, 11) is 2.12. The Hall–Kier alpha value is -5.68. The van der Waals surface area contributed by atoms with Crippen molar-refractivity contribution in [3.8, 4) is 45.4 Å². The van der Waals surface area contributed by atoms with E-state index in [1.165, 1.54) is 16.5 Å². The summed E-state index contributed by atoms with van der Waals surface area (Å²) in [5.41, 5.74) is 9.10. The fourth-order valence-electron chi connectivity index (χ4n) is 5.90. The molecule has 5 heteroatoms. The summed E-state index contributed by atoms with van der Waals surface area (Å²) >= 11 is 0. The van der Waals surface area contributed by atoms with E-state index in [-0.39, 0.29) is 0 Å². The molecule has 0 aliphatic carbocycles. The van der Waals surface area contributed by atoms with Crippen LogP contribution in [-0.2, 0) is 7.05 Å². The van der Waals surface area contributed by atoms with E-state index in [4.69, 9.17) is 19.4 Å². The van der Waals surface area contributed by atoms with Gasteiger partial charge in [0.15, 0.2) is 17.5 Å². The second-order valence-electron chi connectivity index (χ2n) is 10.9. The number of benzene rings is 5. The molecule has 8 rings (SSSR count). The van der Waals surface area contributed by atoms with Crippen LogP contribution in [0.1, 0.15) is 5.56 Å². The van der Waals surface area contributed by atoms with E-state index in [1.807, 2.05) is 66.7 Å². The zero-order chi connectivity index (χ0) is 28.9. The van der Waals surface area contributed by atoms with E-state index in [9.17, 15) is 0 Å². The third-order valence-electron chi connectivity index (χ3n) is 8.13. The molecule has 0 atom stereocenters. The van der Waals surface area contributed by atoms with Crippen molar-refractivity contribution in [1.29, 1.82) is 0 Å². The van der Waals surface area contributed by atoms with Crippen LogP contribution >= 0.6 is 0 Å². The van der Waals surface area contributed by atoms with Gasteiger partial charge in [-0.1, -0.05) is 78.9 Å². The minimum atomic E-state index is 0.607. The van der Waals surface area contributed by atoms with Gasteiger partial charge in [-0.2, -0.15) is 4.57 Å². The van der Waals surface area contributed by atoms with Crippen LogP contribution in [0, 0.1) is 6.92 Å². The molecule has 0 spiro atoms. The monoisotopic (exact) mass is 555 g/mol. The molecule has 5 aromatic carbocycles. The quantitative estimate of drug-likeness (QED) is 0.204. The van der Waals surface area contributed by atoms with E-state index in [0.29, 0.717) is 17.5 Å². The van der Waals surface area contributed by atoms with Crippen molar-refractivity contribution >= 4 is 32.8 Å². The van der Waals surface area contributed by atoms with E-state index < -0.39 is 0 Å². The Morgan fingerprint density at radius 2 is 1.14 bits per heavy atom. The minimum Gasteiger partial charge on any atom is -0.456 e. The largest absolute Gasteiger partial charge is 0.456 e. The third kappa shape index (κ3) is 4.34. The summed E-state index contributed by atoms with van der Waals surface area (Å²) in [5, 5.41) is 3.38. The first kappa shape index (κ1) is 25.1. The van der Waals surface area contributed by atoms with E-state index in [0.717, 1.165) is 49.9 Å². The summed E-state index contributed by atoms with van der Waals surface area (Å²) in [5.74, 6) is 1.88. The molecule has 5 nitrogen and oxygen atoms in total. The number of rotatable bonds is 4. The molecule has 0 fully saturated rings. The fourth-order valence-corrected chi connectivity index (χ4v) is 5.90. The molecular weight excluding hydrogens is 528 g/mol. The number of aryl methyl sites for hydroxylation is 2. The first-order valence-electron chi connectivity index (χ1n) is 14.3. The Labute approximate surface area is 248 Å². The Balaban J connectivity index is 1.27. The van der Waals surface area contributed by atoms with Crippen LogP contribution in [-0.4, -0.2) is 15.0 Å². The predicted molar refractivity (Wildman–Crippen MR) is 172 cm³/mol. The van der Waals surface area contributed by atoms with Gasteiger partial charge >= 0.3 is 0 Å². The van der Waals surface area contributed by atoms with Gasteiger partial charge in [-0.15, -0.1) is 0 Å². The van der Waals surface area contributed by atoms with E-state index >= 15 is 0 Å². The van der Waals surface area contributed by atoms with Crippen LogP contribution in [0.25, 0.3) is 78.3 Å². The lowest BCUT2D eigenvalue weighted by Crippen LogP contribution is -2.32. The fraction of sp³-hybridized carbons (Fsp3) is 0.0526. The molecule has 0 unspecified atom stereocenters. The van der Waals surface area contributed by atoms with Crippen LogP contribution in [0.3, 0.4) is 0 Å². The van der Waals surface area contributed by atoms with Crippen LogP contribution in [0.4, 0.5) is 0 Å². The Morgan fingerprint density at radius 3 is 1.84 bits per heavy atom. The lowest BCUT2D eigenvalue weighted by atomic mass is 10.00. The van der Waals surface area contributed by atoms with Crippen molar-refractivity contribution in [2.45, 2.75) is 6.92 Å². The van der Waals surface area contributed by atoms with Crippen LogP contribution in [0.5, 0.6) is 0 Å². The van der Waals surface area contributed by atoms with Gasteiger partial charge in [0.05, 0.1) is 5.56 Å². The lowest BCUT2D eigenvalue weighted by molar-refractivity contribution is -0.633. The molecule has 0 bridgehead atoms. The maximum absolute atomic E-state index is 6.51. The number of hydrogen-bond donors (Lipinski definition) is 0.